The van der Waals surface area contributed by atoms with Gasteiger partial charge < -0.3 is 24.4 Å². The van der Waals surface area contributed by atoms with E-state index in [9.17, 15) is 40.8 Å². The summed E-state index contributed by atoms with van der Waals surface area (Å²) in [7, 11) is -2.74. The quantitative estimate of drug-likeness (QED) is 0.151. The van der Waals surface area contributed by atoms with Gasteiger partial charge in [0.1, 0.15) is 23.7 Å². The van der Waals surface area contributed by atoms with Gasteiger partial charge in [0.15, 0.2) is 17.2 Å². The molecule has 1 aliphatic heterocycles. The number of fused-ring (bicyclic) bond motifs is 1. The molecule has 0 unspecified atom stereocenters. The van der Waals surface area contributed by atoms with E-state index in [4.69, 9.17) is 14.2 Å². The fourth-order valence-corrected chi connectivity index (χ4v) is 7.72. The summed E-state index contributed by atoms with van der Waals surface area (Å²) in [4.78, 5) is 60.4. The SMILES string of the molecule is C/C=C\[C@@H]1C[C@]1(NC(=O)[C@@H]1C[C@@H](Oc2nccc3cc(OC)c(F)cc23)CN1C(=O)[C@@H](NNC(=O)OC(C)(C)C(C)(F)F)C(C)C)C(=O)NS(=O)(=O)C1(C)CC1. The molecule has 2 aliphatic carbocycles. The number of nitrogens with one attached hydrogen (secondary N) is 4. The van der Waals surface area contributed by atoms with Gasteiger partial charge in [-0.05, 0) is 76.5 Å². The highest BCUT2D eigenvalue weighted by molar-refractivity contribution is 7.91. The van der Waals surface area contributed by atoms with Crippen molar-refractivity contribution in [3.8, 4) is 11.6 Å². The molecule has 2 aromatic rings. The highest BCUT2D eigenvalue weighted by atomic mass is 32.2. The Morgan fingerprint density at radius 1 is 1.12 bits per heavy atom. The number of likely N-dealkylation sites (tertiary alicyclic amines) is 1. The van der Waals surface area contributed by atoms with Gasteiger partial charge in [0.2, 0.25) is 27.7 Å². The molecule has 0 radical (unpaired) electrons. The number of hydrazine groups is 1. The summed E-state index contributed by atoms with van der Waals surface area (Å²) < 4.78 is 86.2. The second-order valence-electron chi connectivity index (χ2n) is 15.8. The third kappa shape index (κ3) is 8.52. The van der Waals surface area contributed by atoms with Gasteiger partial charge >= 0.3 is 6.09 Å². The topological polar surface area (TPSA) is 194 Å². The van der Waals surface area contributed by atoms with Crippen molar-refractivity contribution in [2.75, 3.05) is 13.7 Å². The fourth-order valence-electron chi connectivity index (χ4n) is 6.40. The molecule has 4 amide bonds. The van der Waals surface area contributed by atoms with Gasteiger partial charge in [0.05, 0.1) is 18.4 Å². The first-order valence-electron chi connectivity index (χ1n) is 18.2. The normalized spacial score (nSPS) is 23.8. The van der Waals surface area contributed by atoms with Gasteiger partial charge in [-0.15, -0.1) is 0 Å². The van der Waals surface area contributed by atoms with E-state index in [1.54, 1.807) is 39.0 Å². The zero-order valence-electron chi connectivity index (χ0n) is 32.5. The number of ether oxygens (including phenoxy) is 3. The van der Waals surface area contributed by atoms with E-state index in [2.05, 4.69) is 25.9 Å². The predicted octanol–water partition coefficient (Wildman–Crippen LogP) is 3.87. The lowest BCUT2D eigenvalue weighted by molar-refractivity contribution is -0.151. The predicted molar refractivity (Wildman–Crippen MR) is 197 cm³/mol. The molecule has 308 valence electrons. The van der Waals surface area contributed by atoms with E-state index >= 15 is 0 Å². The number of nitrogens with zero attached hydrogens (tertiary/aromatic N) is 2. The third-order valence-electron chi connectivity index (χ3n) is 10.8. The van der Waals surface area contributed by atoms with Crippen LogP contribution in [0.2, 0.25) is 0 Å². The smallest absolute Gasteiger partial charge is 0.422 e. The molecular weight excluding hydrogens is 762 g/mol. The van der Waals surface area contributed by atoms with Crippen LogP contribution in [0.5, 0.6) is 11.6 Å². The standard InChI is InChI=1S/C37H49F3N6O9S/c1-9-10-22-18-37(22,32(49)45-56(51,52)35(6)12-13-35)42-29(47)26-16-23(54-30-24-17-25(38)27(53-8)15-21(24)11-14-41-30)19-46(26)31(48)28(20(2)3)43-44-33(50)55-34(4,5)36(7,39)40/h9-11,14-15,17,20,22-23,26,28,43H,12-13,16,18-19H2,1-8H3,(H,42,47)(H,44,50)(H,45,49)/b10-9-/t22-,23-,26+,28+,37-/m1/s1. The monoisotopic (exact) mass is 810 g/mol. The van der Waals surface area contributed by atoms with E-state index in [1.807, 2.05) is 0 Å². The molecule has 3 aliphatic rings. The van der Waals surface area contributed by atoms with Crippen LogP contribution in [-0.2, 0) is 29.1 Å². The van der Waals surface area contributed by atoms with E-state index in [0.717, 1.165) is 13.8 Å². The molecular formula is C37H49F3N6O9S. The first-order chi connectivity index (χ1) is 26.0. The summed E-state index contributed by atoms with van der Waals surface area (Å²) in [6.07, 6.45) is 3.28. The molecule has 1 saturated heterocycles. The van der Waals surface area contributed by atoms with Gasteiger partial charge in [-0.2, -0.15) is 0 Å². The van der Waals surface area contributed by atoms with Crippen LogP contribution in [-0.4, -0.2) is 95.8 Å². The molecule has 1 aromatic carbocycles. The third-order valence-corrected chi connectivity index (χ3v) is 13.0. The Morgan fingerprint density at radius 3 is 2.39 bits per heavy atom. The number of sulfonamides is 1. The zero-order valence-corrected chi connectivity index (χ0v) is 33.3. The molecule has 0 bridgehead atoms. The Hall–Kier alpha value is -4.65. The number of halogens is 3. The van der Waals surface area contributed by atoms with Crippen molar-refractivity contribution in [3.63, 3.8) is 0 Å². The maximum atomic E-state index is 14.8. The Bertz CT molecular complexity index is 2020. The Balaban J connectivity index is 1.43. The number of alkyl halides is 2. The van der Waals surface area contributed by atoms with E-state index in [-0.39, 0.29) is 36.4 Å². The number of methoxy groups -OCH3 is 1. The van der Waals surface area contributed by atoms with Crippen molar-refractivity contribution >= 4 is 44.6 Å². The number of allylic oxidation sites excluding steroid dienone is 1. The summed E-state index contributed by atoms with van der Waals surface area (Å²) in [6, 6.07) is 1.73. The van der Waals surface area contributed by atoms with Crippen LogP contribution in [0.25, 0.3) is 10.8 Å². The molecule has 1 aromatic heterocycles. The second kappa shape index (κ2) is 15.4. The minimum atomic E-state index is -4.06. The number of hydrogen-bond acceptors (Lipinski definition) is 11. The van der Waals surface area contributed by atoms with Gasteiger partial charge in [0, 0.05) is 30.8 Å². The fraction of sp³-hybridized carbons (Fsp3) is 0.595. The Morgan fingerprint density at radius 2 is 1.80 bits per heavy atom. The van der Waals surface area contributed by atoms with E-state index in [0.29, 0.717) is 25.2 Å². The maximum Gasteiger partial charge on any atom is 0.422 e. The highest BCUT2D eigenvalue weighted by Crippen LogP contribution is 2.47. The maximum absolute atomic E-state index is 14.8. The van der Waals surface area contributed by atoms with Crippen LogP contribution >= 0.6 is 0 Å². The van der Waals surface area contributed by atoms with Crippen molar-refractivity contribution in [3.05, 3.63) is 42.4 Å². The number of benzene rings is 1. The minimum absolute atomic E-state index is 0.00534. The van der Waals surface area contributed by atoms with Gasteiger partial charge in [-0.3, -0.25) is 24.5 Å². The molecule has 5 rings (SSSR count). The molecule has 56 heavy (non-hydrogen) atoms. The molecule has 2 heterocycles. The molecule has 15 nitrogen and oxygen atoms in total. The number of carbonyl (C=O) groups is 4. The van der Waals surface area contributed by atoms with Gasteiger partial charge in [-0.25, -0.2) is 36.8 Å². The molecule has 4 N–H and O–H groups in total. The lowest BCUT2D eigenvalue weighted by Gasteiger charge is -2.33. The van der Waals surface area contributed by atoms with Crippen LogP contribution in [0.15, 0.2) is 36.5 Å². The second-order valence-corrected chi connectivity index (χ2v) is 18.0. The highest BCUT2D eigenvalue weighted by Gasteiger charge is 2.63. The Kier molecular flexibility index (Phi) is 11.7. The lowest BCUT2D eigenvalue weighted by atomic mass is 10.0. The van der Waals surface area contributed by atoms with Crippen molar-refractivity contribution in [2.45, 2.75) is 114 Å². The largest absolute Gasteiger partial charge is 0.494 e. The van der Waals surface area contributed by atoms with E-state index in [1.165, 1.54) is 37.3 Å². The number of pyridine rings is 1. The van der Waals surface area contributed by atoms with Gasteiger partial charge in [-0.1, -0.05) is 26.0 Å². The lowest BCUT2D eigenvalue weighted by Crippen LogP contribution is -2.60. The van der Waals surface area contributed by atoms with Crippen LogP contribution in [0.1, 0.15) is 74.1 Å². The summed E-state index contributed by atoms with van der Waals surface area (Å²) >= 11 is 0. The number of carbonyl (C=O) groups excluding carboxylic acids is 4. The number of rotatable bonds is 15. The zero-order chi connectivity index (χ0) is 41.6. The molecule has 5 atom stereocenters. The summed E-state index contributed by atoms with van der Waals surface area (Å²) in [5, 5.41) is 3.56. The average Bonchev–Trinajstić information content (AvgIpc) is 3.97. The summed E-state index contributed by atoms with van der Waals surface area (Å²) in [6.45, 7) is 8.94. The van der Waals surface area contributed by atoms with Crippen LogP contribution in [0, 0.1) is 17.7 Å². The molecule has 19 heteroatoms. The van der Waals surface area contributed by atoms with Crippen molar-refractivity contribution in [2.24, 2.45) is 11.8 Å². The number of amides is 4. The Labute approximate surface area is 323 Å². The first-order valence-corrected chi connectivity index (χ1v) is 19.7. The molecule has 2 saturated carbocycles. The van der Waals surface area contributed by atoms with Crippen molar-refractivity contribution < 1.29 is 55.0 Å². The summed E-state index contributed by atoms with van der Waals surface area (Å²) in [5.74, 6) is -7.60. The molecule has 3 fully saturated rings. The average molecular weight is 811 g/mol. The number of aromatic nitrogens is 1. The van der Waals surface area contributed by atoms with Crippen molar-refractivity contribution in [1.82, 2.24) is 30.8 Å². The van der Waals surface area contributed by atoms with Crippen LogP contribution < -0.4 is 30.4 Å². The van der Waals surface area contributed by atoms with Crippen LogP contribution in [0.4, 0.5) is 18.0 Å². The first kappa shape index (κ1) is 42.5. The summed E-state index contributed by atoms with van der Waals surface area (Å²) in [5.41, 5.74) is 0.855. The van der Waals surface area contributed by atoms with Crippen LogP contribution in [0.3, 0.4) is 0 Å². The van der Waals surface area contributed by atoms with Gasteiger partial charge in [0.25, 0.3) is 11.8 Å². The van der Waals surface area contributed by atoms with E-state index < -0.39 is 91.5 Å². The van der Waals surface area contributed by atoms with Crippen molar-refractivity contribution in [1.29, 1.82) is 0 Å². The molecule has 0 spiro atoms. The number of hydrogen-bond donors (Lipinski definition) is 4. The minimum Gasteiger partial charge on any atom is -0.494 e.